The van der Waals surface area contributed by atoms with Gasteiger partial charge in [-0.15, -0.1) is 0 Å². The van der Waals surface area contributed by atoms with Crippen LogP contribution in [0, 0.1) is 6.92 Å². The van der Waals surface area contributed by atoms with Crippen LogP contribution in [0.3, 0.4) is 0 Å². The van der Waals surface area contributed by atoms with Gasteiger partial charge in [-0.3, -0.25) is 0 Å². The molecule has 0 spiro atoms. The van der Waals surface area contributed by atoms with Crippen molar-refractivity contribution < 1.29 is 9.53 Å². The quantitative estimate of drug-likeness (QED) is 0.811. The number of nitrogens with zero attached hydrogens (tertiary/aromatic N) is 1. The van der Waals surface area contributed by atoms with Crippen LogP contribution >= 0.6 is 0 Å². The number of nitrogens with one attached hydrogen (secondary N) is 2. The Morgan fingerprint density at radius 1 is 1.56 bits per heavy atom. The van der Waals surface area contributed by atoms with Gasteiger partial charge in [-0.05, 0) is 34.6 Å². The van der Waals surface area contributed by atoms with Crippen molar-refractivity contribution in [3.8, 4) is 0 Å². The maximum absolute atomic E-state index is 11.5. The summed E-state index contributed by atoms with van der Waals surface area (Å²) in [6.45, 7) is 9.25. The van der Waals surface area contributed by atoms with E-state index in [1.807, 2.05) is 34.6 Å². The number of rotatable bonds is 2. The average Bonchev–Trinajstić information content (AvgIpc) is 2.47. The molecule has 0 aliphatic rings. The number of aromatic nitrogens is 2. The van der Waals surface area contributed by atoms with Gasteiger partial charge in [0.25, 0.3) is 0 Å². The largest absolute Gasteiger partial charge is 0.444 e. The van der Waals surface area contributed by atoms with Crippen molar-refractivity contribution in [2.45, 2.75) is 46.3 Å². The number of carbonyl (C=O) groups is 1. The minimum atomic E-state index is -0.483. The Labute approximate surface area is 95.6 Å². The third-order valence-electron chi connectivity index (χ3n) is 1.87. The summed E-state index contributed by atoms with van der Waals surface area (Å²) in [6.07, 6.45) is 1.29. The fraction of sp³-hybridized carbons (Fsp3) is 0.636. The molecular formula is C11H19N3O2. The number of carbonyl (C=O) groups excluding carboxylic acids is 1. The lowest BCUT2D eigenvalue weighted by Gasteiger charge is -2.21. The van der Waals surface area contributed by atoms with Crippen LogP contribution in [0.15, 0.2) is 6.20 Å². The van der Waals surface area contributed by atoms with Gasteiger partial charge in [0.05, 0.1) is 6.04 Å². The van der Waals surface area contributed by atoms with E-state index in [1.165, 1.54) is 0 Å². The molecule has 0 fully saturated rings. The lowest BCUT2D eigenvalue weighted by atomic mass is 10.2. The van der Waals surface area contributed by atoms with Crippen LogP contribution in [-0.2, 0) is 4.74 Å². The number of hydrogen-bond acceptors (Lipinski definition) is 3. The Morgan fingerprint density at radius 3 is 2.62 bits per heavy atom. The van der Waals surface area contributed by atoms with E-state index in [0.29, 0.717) is 0 Å². The van der Waals surface area contributed by atoms with E-state index in [9.17, 15) is 4.79 Å². The molecule has 0 saturated heterocycles. The van der Waals surface area contributed by atoms with E-state index in [-0.39, 0.29) is 6.04 Å². The Morgan fingerprint density at radius 2 is 2.19 bits per heavy atom. The first-order valence-corrected chi connectivity index (χ1v) is 5.29. The fourth-order valence-corrected chi connectivity index (χ4v) is 1.21. The van der Waals surface area contributed by atoms with Gasteiger partial charge in [-0.25, -0.2) is 9.78 Å². The Kier molecular flexibility index (Phi) is 3.57. The molecule has 2 N–H and O–H groups in total. The van der Waals surface area contributed by atoms with E-state index < -0.39 is 11.7 Å². The highest BCUT2D eigenvalue weighted by Crippen LogP contribution is 2.11. The molecule has 1 amide bonds. The highest BCUT2D eigenvalue weighted by Gasteiger charge is 2.19. The zero-order valence-corrected chi connectivity index (χ0v) is 10.4. The minimum absolute atomic E-state index is 0.191. The highest BCUT2D eigenvalue weighted by molar-refractivity contribution is 5.68. The zero-order chi connectivity index (χ0) is 12.3. The van der Waals surface area contributed by atoms with E-state index in [4.69, 9.17) is 4.74 Å². The molecule has 16 heavy (non-hydrogen) atoms. The van der Waals surface area contributed by atoms with Crippen molar-refractivity contribution >= 4 is 6.09 Å². The molecular weight excluding hydrogens is 206 g/mol. The number of H-pyrrole nitrogens is 1. The van der Waals surface area contributed by atoms with Crippen LogP contribution in [-0.4, -0.2) is 21.7 Å². The summed E-state index contributed by atoms with van der Waals surface area (Å²) in [5.41, 5.74) is 0.482. The van der Waals surface area contributed by atoms with E-state index in [2.05, 4.69) is 15.3 Å². The SMILES string of the molecule is Cc1cnc(C(C)NC(=O)OC(C)(C)C)[nH]1. The van der Waals surface area contributed by atoms with Gasteiger partial charge >= 0.3 is 6.09 Å². The van der Waals surface area contributed by atoms with Gasteiger partial charge in [0.2, 0.25) is 0 Å². The van der Waals surface area contributed by atoms with Gasteiger partial charge in [0.1, 0.15) is 11.4 Å². The van der Waals surface area contributed by atoms with Gasteiger partial charge < -0.3 is 15.0 Å². The molecule has 0 aromatic carbocycles. The average molecular weight is 225 g/mol. The Bertz CT molecular complexity index is 366. The van der Waals surface area contributed by atoms with Crippen LogP contribution in [0.4, 0.5) is 4.79 Å². The predicted molar refractivity (Wildman–Crippen MR) is 61.1 cm³/mol. The van der Waals surface area contributed by atoms with E-state index >= 15 is 0 Å². The molecule has 5 nitrogen and oxygen atoms in total. The zero-order valence-electron chi connectivity index (χ0n) is 10.4. The summed E-state index contributed by atoms with van der Waals surface area (Å²) < 4.78 is 5.14. The first kappa shape index (κ1) is 12.5. The second-order valence-electron chi connectivity index (χ2n) is 4.82. The lowest BCUT2D eigenvalue weighted by molar-refractivity contribution is 0.0506. The molecule has 1 aromatic heterocycles. The lowest BCUT2D eigenvalue weighted by Crippen LogP contribution is -2.34. The maximum Gasteiger partial charge on any atom is 0.408 e. The molecule has 0 radical (unpaired) electrons. The topological polar surface area (TPSA) is 67.0 Å². The number of amides is 1. The standard InChI is InChI=1S/C11H19N3O2/c1-7-6-12-9(13-7)8(2)14-10(15)16-11(3,4)5/h6,8H,1-5H3,(H,12,13)(H,14,15). The summed E-state index contributed by atoms with van der Waals surface area (Å²) in [7, 11) is 0. The summed E-state index contributed by atoms with van der Waals surface area (Å²) in [6, 6.07) is -0.191. The molecule has 90 valence electrons. The third kappa shape index (κ3) is 3.92. The molecule has 1 rings (SSSR count). The van der Waals surface area contributed by atoms with Crippen LogP contribution in [0.5, 0.6) is 0 Å². The second kappa shape index (κ2) is 4.55. The third-order valence-corrected chi connectivity index (χ3v) is 1.87. The van der Waals surface area contributed by atoms with Crippen molar-refractivity contribution in [2.75, 3.05) is 0 Å². The second-order valence-corrected chi connectivity index (χ2v) is 4.82. The van der Waals surface area contributed by atoms with Crippen molar-refractivity contribution in [3.05, 3.63) is 17.7 Å². The van der Waals surface area contributed by atoms with Crippen LogP contribution in [0.1, 0.15) is 45.3 Å². The van der Waals surface area contributed by atoms with Crippen molar-refractivity contribution in [2.24, 2.45) is 0 Å². The molecule has 0 bridgehead atoms. The number of aryl methyl sites for hydroxylation is 1. The van der Waals surface area contributed by atoms with Gasteiger partial charge in [-0.2, -0.15) is 0 Å². The number of alkyl carbamates (subject to hydrolysis) is 1. The molecule has 1 heterocycles. The van der Waals surface area contributed by atoms with Gasteiger partial charge in [0.15, 0.2) is 0 Å². The number of ether oxygens (including phenoxy) is 1. The Hall–Kier alpha value is -1.52. The molecule has 0 aliphatic carbocycles. The molecule has 1 atom stereocenters. The maximum atomic E-state index is 11.5. The summed E-state index contributed by atoms with van der Waals surface area (Å²) in [4.78, 5) is 18.7. The first-order chi connectivity index (χ1) is 7.28. The van der Waals surface area contributed by atoms with E-state index in [1.54, 1.807) is 6.20 Å². The summed E-state index contributed by atoms with van der Waals surface area (Å²) >= 11 is 0. The van der Waals surface area contributed by atoms with Crippen molar-refractivity contribution in [3.63, 3.8) is 0 Å². The monoisotopic (exact) mass is 225 g/mol. The van der Waals surface area contributed by atoms with Crippen molar-refractivity contribution in [1.82, 2.24) is 15.3 Å². The molecule has 0 saturated carbocycles. The molecule has 5 heteroatoms. The molecule has 1 aromatic rings. The minimum Gasteiger partial charge on any atom is -0.444 e. The predicted octanol–water partition coefficient (Wildman–Crippen LogP) is 2.30. The highest BCUT2D eigenvalue weighted by atomic mass is 16.6. The Balaban J connectivity index is 2.52. The van der Waals surface area contributed by atoms with Crippen molar-refractivity contribution in [1.29, 1.82) is 0 Å². The number of aromatic amines is 1. The smallest absolute Gasteiger partial charge is 0.408 e. The van der Waals surface area contributed by atoms with Gasteiger partial charge in [-0.1, -0.05) is 0 Å². The molecule has 0 aliphatic heterocycles. The van der Waals surface area contributed by atoms with Crippen LogP contribution in [0.2, 0.25) is 0 Å². The van der Waals surface area contributed by atoms with Crippen LogP contribution in [0.25, 0.3) is 0 Å². The first-order valence-electron chi connectivity index (χ1n) is 5.29. The van der Waals surface area contributed by atoms with Crippen LogP contribution < -0.4 is 5.32 Å². The van der Waals surface area contributed by atoms with Gasteiger partial charge in [0, 0.05) is 11.9 Å². The fourth-order valence-electron chi connectivity index (χ4n) is 1.21. The summed E-state index contributed by atoms with van der Waals surface area (Å²) in [5, 5.41) is 2.71. The molecule has 1 unspecified atom stereocenters. The number of imidazole rings is 1. The summed E-state index contributed by atoms with van der Waals surface area (Å²) in [5.74, 6) is 0.725. The normalized spacial score (nSPS) is 13.3. The number of hydrogen-bond donors (Lipinski definition) is 2. The van der Waals surface area contributed by atoms with E-state index in [0.717, 1.165) is 11.5 Å².